The lowest BCUT2D eigenvalue weighted by molar-refractivity contribution is -0.137. The third-order valence-electron chi connectivity index (χ3n) is 2.89. The van der Waals surface area contributed by atoms with Crippen LogP contribution in [0.2, 0.25) is 0 Å². The van der Waals surface area contributed by atoms with E-state index < -0.39 is 11.7 Å². The Kier molecular flexibility index (Phi) is 3.19. The van der Waals surface area contributed by atoms with E-state index in [2.05, 4.69) is 10.6 Å². The average molecular weight is 258 g/mol. The first-order chi connectivity index (χ1) is 8.41. The molecule has 0 spiro atoms. The van der Waals surface area contributed by atoms with E-state index in [0.717, 1.165) is 18.6 Å². The van der Waals surface area contributed by atoms with Crippen LogP contribution in [0.15, 0.2) is 18.2 Å². The number of fused-ring (bicyclic) bond motifs is 1. The van der Waals surface area contributed by atoms with Crippen molar-refractivity contribution in [1.29, 1.82) is 0 Å². The smallest absolute Gasteiger partial charge is 0.331 e. The van der Waals surface area contributed by atoms with Gasteiger partial charge in [0.2, 0.25) is 0 Å². The van der Waals surface area contributed by atoms with Crippen LogP contribution in [0.25, 0.3) is 0 Å². The van der Waals surface area contributed by atoms with Crippen molar-refractivity contribution >= 4 is 11.7 Å². The van der Waals surface area contributed by atoms with E-state index >= 15 is 0 Å². The number of hydrogen-bond donors (Lipinski definition) is 2. The molecule has 0 bridgehead atoms. The summed E-state index contributed by atoms with van der Waals surface area (Å²) in [5.74, 6) is 0. The minimum absolute atomic E-state index is 0.360. The zero-order valence-electron chi connectivity index (χ0n) is 9.77. The van der Waals surface area contributed by atoms with E-state index in [9.17, 15) is 18.0 Å². The lowest BCUT2D eigenvalue weighted by atomic mass is 9.96. The predicted molar refractivity (Wildman–Crippen MR) is 61.2 cm³/mol. The standard InChI is InChI=1S/C12H13F3N2O/c1-2-3-9-8-6-7(12(13,14)15)4-5-10(8)17-11(18)16-9/h4-6,9H,2-3H2,1H3,(H2,16,17,18). The summed E-state index contributed by atoms with van der Waals surface area (Å²) in [6.45, 7) is 1.92. The van der Waals surface area contributed by atoms with Gasteiger partial charge in [0.05, 0.1) is 11.6 Å². The molecule has 1 aliphatic rings. The first-order valence-electron chi connectivity index (χ1n) is 5.70. The second-order valence-corrected chi connectivity index (χ2v) is 4.24. The molecule has 0 radical (unpaired) electrons. The molecule has 2 rings (SSSR count). The number of hydrogen-bond acceptors (Lipinski definition) is 1. The van der Waals surface area contributed by atoms with Crippen molar-refractivity contribution in [2.24, 2.45) is 0 Å². The van der Waals surface area contributed by atoms with Gasteiger partial charge in [0.1, 0.15) is 0 Å². The monoisotopic (exact) mass is 258 g/mol. The fourth-order valence-electron chi connectivity index (χ4n) is 2.05. The van der Waals surface area contributed by atoms with Crippen molar-refractivity contribution in [3.05, 3.63) is 29.3 Å². The minimum Gasteiger partial charge on any atom is -0.331 e. The molecule has 1 aromatic rings. The van der Waals surface area contributed by atoms with Gasteiger partial charge in [0.25, 0.3) is 0 Å². The van der Waals surface area contributed by atoms with Gasteiger partial charge in [-0.3, -0.25) is 0 Å². The van der Waals surface area contributed by atoms with Crippen LogP contribution in [0.4, 0.5) is 23.7 Å². The summed E-state index contributed by atoms with van der Waals surface area (Å²) in [4.78, 5) is 11.3. The van der Waals surface area contributed by atoms with Crippen molar-refractivity contribution in [3.63, 3.8) is 0 Å². The molecule has 1 aliphatic heterocycles. The molecule has 0 saturated carbocycles. The molecule has 6 heteroatoms. The molecular formula is C12H13F3N2O. The fourth-order valence-corrected chi connectivity index (χ4v) is 2.05. The van der Waals surface area contributed by atoms with Gasteiger partial charge >= 0.3 is 12.2 Å². The van der Waals surface area contributed by atoms with Crippen molar-refractivity contribution in [1.82, 2.24) is 5.32 Å². The van der Waals surface area contributed by atoms with Crippen molar-refractivity contribution in [2.45, 2.75) is 32.0 Å². The number of urea groups is 1. The highest BCUT2D eigenvalue weighted by Crippen LogP contribution is 2.36. The maximum absolute atomic E-state index is 12.6. The molecule has 1 atom stereocenters. The van der Waals surface area contributed by atoms with Gasteiger partial charge in [-0.1, -0.05) is 13.3 Å². The van der Waals surface area contributed by atoms with Crippen LogP contribution in [0.3, 0.4) is 0 Å². The van der Waals surface area contributed by atoms with Crippen molar-refractivity contribution in [3.8, 4) is 0 Å². The highest BCUT2D eigenvalue weighted by atomic mass is 19.4. The second-order valence-electron chi connectivity index (χ2n) is 4.24. The molecule has 2 N–H and O–H groups in total. The van der Waals surface area contributed by atoms with Crippen LogP contribution in [-0.2, 0) is 6.18 Å². The molecule has 18 heavy (non-hydrogen) atoms. The minimum atomic E-state index is -4.37. The van der Waals surface area contributed by atoms with Crippen molar-refractivity contribution < 1.29 is 18.0 Å². The Bertz CT molecular complexity index is 471. The number of halogens is 3. The Morgan fingerprint density at radius 1 is 1.33 bits per heavy atom. The van der Waals surface area contributed by atoms with Gasteiger partial charge in [-0.15, -0.1) is 0 Å². The third kappa shape index (κ3) is 2.42. The van der Waals surface area contributed by atoms with Gasteiger partial charge in [-0.2, -0.15) is 13.2 Å². The molecule has 1 aromatic carbocycles. The van der Waals surface area contributed by atoms with E-state index in [0.29, 0.717) is 17.7 Å². The van der Waals surface area contributed by atoms with Gasteiger partial charge < -0.3 is 10.6 Å². The zero-order chi connectivity index (χ0) is 13.3. The first kappa shape index (κ1) is 12.7. The zero-order valence-corrected chi connectivity index (χ0v) is 9.77. The Morgan fingerprint density at radius 3 is 2.67 bits per heavy atom. The lowest BCUT2D eigenvalue weighted by Gasteiger charge is -2.27. The summed E-state index contributed by atoms with van der Waals surface area (Å²) in [6, 6.07) is 2.65. The largest absolute Gasteiger partial charge is 0.416 e. The third-order valence-corrected chi connectivity index (χ3v) is 2.89. The summed E-state index contributed by atoms with van der Waals surface area (Å²) < 4.78 is 37.9. The number of nitrogens with one attached hydrogen (secondary N) is 2. The molecule has 0 saturated heterocycles. The Morgan fingerprint density at radius 2 is 2.06 bits per heavy atom. The van der Waals surface area contributed by atoms with Gasteiger partial charge in [0, 0.05) is 5.69 Å². The number of amides is 2. The average Bonchev–Trinajstić information content (AvgIpc) is 2.27. The number of carbonyl (C=O) groups is 1. The molecule has 0 aromatic heterocycles. The number of rotatable bonds is 2. The fraction of sp³-hybridized carbons (Fsp3) is 0.417. The number of benzene rings is 1. The van der Waals surface area contributed by atoms with E-state index in [-0.39, 0.29) is 12.1 Å². The summed E-state index contributed by atoms with van der Waals surface area (Å²) in [6.07, 6.45) is -2.98. The SMILES string of the molecule is CCCC1NC(=O)Nc2ccc(C(F)(F)F)cc21. The van der Waals surface area contributed by atoms with E-state index in [1.807, 2.05) is 6.92 Å². The van der Waals surface area contributed by atoms with Crippen LogP contribution in [0.5, 0.6) is 0 Å². The van der Waals surface area contributed by atoms with Gasteiger partial charge in [-0.05, 0) is 30.2 Å². The quantitative estimate of drug-likeness (QED) is 0.834. The molecule has 0 fully saturated rings. The highest BCUT2D eigenvalue weighted by molar-refractivity contribution is 5.93. The number of carbonyl (C=O) groups excluding carboxylic acids is 1. The lowest BCUT2D eigenvalue weighted by Crippen LogP contribution is -2.37. The second kappa shape index (κ2) is 4.51. The van der Waals surface area contributed by atoms with E-state index in [1.54, 1.807) is 0 Å². The van der Waals surface area contributed by atoms with Crippen LogP contribution in [0.1, 0.15) is 36.9 Å². The summed E-state index contributed by atoms with van der Waals surface area (Å²) >= 11 is 0. The highest BCUT2D eigenvalue weighted by Gasteiger charge is 2.33. The number of anilines is 1. The summed E-state index contributed by atoms with van der Waals surface area (Å²) in [7, 11) is 0. The summed E-state index contributed by atoms with van der Waals surface area (Å²) in [5, 5.41) is 5.14. The van der Waals surface area contributed by atoms with E-state index in [4.69, 9.17) is 0 Å². The molecule has 0 aliphatic carbocycles. The van der Waals surface area contributed by atoms with Gasteiger partial charge in [0.15, 0.2) is 0 Å². The maximum atomic E-state index is 12.6. The Balaban J connectivity index is 2.42. The maximum Gasteiger partial charge on any atom is 0.416 e. The van der Waals surface area contributed by atoms with Crippen LogP contribution >= 0.6 is 0 Å². The van der Waals surface area contributed by atoms with E-state index in [1.165, 1.54) is 6.07 Å². The number of alkyl halides is 3. The summed E-state index contributed by atoms with van der Waals surface area (Å²) in [5.41, 5.74) is 0.247. The normalized spacial score (nSPS) is 18.9. The Hall–Kier alpha value is -1.72. The molecule has 1 unspecified atom stereocenters. The first-order valence-corrected chi connectivity index (χ1v) is 5.70. The topological polar surface area (TPSA) is 41.1 Å². The Labute approximate surface area is 102 Å². The molecule has 98 valence electrons. The predicted octanol–water partition coefficient (Wildman–Crippen LogP) is 3.68. The molecular weight excluding hydrogens is 245 g/mol. The molecule has 2 amide bonds. The van der Waals surface area contributed by atoms with Crippen molar-refractivity contribution in [2.75, 3.05) is 5.32 Å². The van der Waals surface area contributed by atoms with Crippen LogP contribution < -0.4 is 10.6 Å². The van der Waals surface area contributed by atoms with Gasteiger partial charge in [-0.25, -0.2) is 4.79 Å². The van der Waals surface area contributed by atoms with Crippen LogP contribution in [0, 0.1) is 0 Å². The van der Waals surface area contributed by atoms with Crippen LogP contribution in [-0.4, -0.2) is 6.03 Å². The molecule has 3 nitrogen and oxygen atoms in total. The molecule has 1 heterocycles.